The van der Waals surface area contributed by atoms with Gasteiger partial charge in [-0.05, 0) is 42.0 Å². The van der Waals surface area contributed by atoms with Crippen molar-refractivity contribution in [1.82, 2.24) is 9.84 Å². The lowest BCUT2D eigenvalue weighted by Gasteiger charge is -2.19. The standard InChI is InChI=1S/C25H19N5O8S/c1-15(31)26-21-12-11-19(14-20(21)25(33)34)39(37,38)28-29-23(17-5-3-2-4-6-17)27-22(24(29)32)13-16-7-9-18(10-8-16)30(35)36/h2-14,28H,1H3,(H,26,31)(H,33,34). The summed E-state index contributed by atoms with van der Waals surface area (Å²) in [6.45, 7) is 1.17. The summed E-state index contributed by atoms with van der Waals surface area (Å²) in [5.41, 5.74) is -0.0828. The highest BCUT2D eigenvalue weighted by molar-refractivity contribution is 7.89. The predicted octanol–water partition coefficient (Wildman–Crippen LogP) is 2.77. The molecule has 0 aromatic heterocycles. The number of carboxylic acids is 1. The summed E-state index contributed by atoms with van der Waals surface area (Å²) in [5, 5.41) is 23.5. The molecule has 39 heavy (non-hydrogen) atoms. The maximum absolute atomic E-state index is 13.3. The first-order chi connectivity index (χ1) is 18.5. The molecule has 3 aromatic carbocycles. The maximum Gasteiger partial charge on any atom is 0.337 e. The van der Waals surface area contributed by atoms with Crippen LogP contribution in [0.2, 0.25) is 0 Å². The van der Waals surface area contributed by atoms with Gasteiger partial charge in [0.05, 0.1) is 21.1 Å². The molecule has 1 heterocycles. The quantitative estimate of drug-likeness (QED) is 0.217. The number of hydrazine groups is 1. The first-order valence-corrected chi connectivity index (χ1v) is 12.6. The number of amides is 2. The van der Waals surface area contributed by atoms with E-state index >= 15 is 0 Å². The van der Waals surface area contributed by atoms with Crippen molar-refractivity contribution >= 4 is 51.1 Å². The second-order valence-electron chi connectivity index (χ2n) is 8.11. The number of hydrogen-bond acceptors (Lipinski definition) is 8. The van der Waals surface area contributed by atoms with Crippen molar-refractivity contribution in [3.05, 3.63) is 105 Å². The van der Waals surface area contributed by atoms with Crippen molar-refractivity contribution in [3.63, 3.8) is 0 Å². The van der Waals surface area contributed by atoms with Gasteiger partial charge in [-0.2, -0.15) is 0 Å². The Hall–Kier alpha value is -5.21. The molecule has 4 rings (SSSR count). The third-order valence-corrected chi connectivity index (χ3v) is 6.65. The smallest absolute Gasteiger partial charge is 0.337 e. The summed E-state index contributed by atoms with van der Waals surface area (Å²) in [4.78, 5) is 52.7. The minimum atomic E-state index is -4.53. The van der Waals surface area contributed by atoms with Gasteiger partial charge in [-0.25, -0.2) is 23.2 Å². The van der Waals surface area contributed by atoms with Crippen LogP contribution in [-0.4, -0.2) is 47.1 Å². The van der Waals surface area contributed by atoms with Crippen molar-refractivity contribution in [1.29, 1.82) is 0 Å². The zero-order chi connectivity index (χ0) is 28.3. The fraction of sp³-hybridized carbons (Fsp3) is 0.0400. The number of nitro groups is 1. The maximum atomic E-state index is 13.3. The van der Waals surface area contributed by atoms with Crippen LogP contribution in [0.3, 0.4) is 0 Å². The molecule has 0 aliphatic carbocycles. The number of carbonyl (C=O) groups is 3. The van der Waals surface area contributed by atoms with Gasteiger partial charge in [0.15, 0.2) is 5.84 Å². The normalized spacial score (nSPS) is 14.3. The third-order valence-electron chi connectivity index (χ3n) is 5.35. The molecule has 0 saturated heterocycles. The predicted molar refractivity (Wildman–Crippen MR) is 139 cm³/mol. The average molecular weight is 550 g/mol. The number of aliphatic imine (C=N–C) groups is 1. The van der Waals surface area contributed by atoms with Gasteiger partial charge in [-0.3, -0.25) is 19.7 Å². The number of amidine groups is 1. The van der Waals surface area contributed by atoms with Crippen molar-refractivity contribution in [2.24, 2.45) is 4.99 Å². The van der Waals surface area contributed by atoms with E-state index in [2.05, 4.69) is 15.1 Å². The molecule has 0 fully saturated rings. The largest absolute Gasteiger partial charge is 0.478 e. The Kier molecular flexibility index (Phi) is 7.33. The van der Waals surface area contributed by atoms with Gasteiger partial charge in [-0.1, -0.05) is 30.3 Å². The number of anilines is 1. The van der Waals surface area contributed by atoms with Gasteiger partial charge in [0.25, 0.3) is 21.6 Å². The molecule has 1 aliphatic heterocycles. The molecule has 2 amide bonds. The van der Waals surface area contributed by atoms with Crippen molar-refractivity contribution in [2.45, 2.75) is 11.8 Å². The Bertz CT molecular complexity index is 1670. The van der Waals surface area contributed by atoms with Crippen LogP contribution in [0.25, 0.3) is 6.08 Å². The minimum absolute atomic E-state index is 0.0503. The number of aromatic carboxylic acids is 1. The van der Waals surface area contributed by atoms with E-state index in [4.69, 9.17) is 0 Å². The Morgan fingerprint density at radius 3 is 2.31 bits per heavy atom. The van der Waals surface area contributed by atoms with Crippen molar-refractivity contribution in [2.75, 3.05) is 5.32 Å². The highest BCUT2D eigenvalue weighted by atomic mass is 32.2. The number of nitrogens with one attached hydrogen (secondary N) is 2. The van der Waals surface area contributed by atoms with E-state index in [0.29, 0.717) is 16.1 Å². The van der Waals surface area contributed by atoms with Gasteiger partial charge >= 0.3 is 5.97 Å². The molecule has 3 N–H and O–H groups in total. The van der Waals surface area contributed by atoms with Crippen LogP contribution in [0.5, 0.6) is 0 Å². The number of nitrogens with zero attached hydrogens (tertiary/aromatic N) is 3. The monoisotopic (exact) mass is 549 g/mol. The molecule has 3 aromatic rings. The lowest BCUT2D eigenvalue weighted by Crippen LogP contribution is -2.47. The summed E-state index contributed by atoms with van der Waals surface area (Å²) in [7, 11) is -4.53. The van der Waals surface area contributed by atoms with Crippen molar-refractivity contribution in [3.8, 4) is 0 Å². The summed E-state index contributed by atoms with van der Waals surface area (Å²) in [6.07, 6.45) is 1.34. The molecule has 0 spiro atoms. The molecule has 198 valence electrons. The summed E-state index contributed by atoms with van der Waals surface area (Å²) >= 11 is 0. The average Bonchev–Trinajstić information content (AvgIpc) is 3.18. The molecule has 14 heteroatoms. The van der Waals surface area contributed by atoms with Crippen LogP contribution in [0, 0.1) is 10.1 Å². The van der Waals surface area contributed by atoms with E-state index in [1.54, 1.807) is 30.3 Å². The molecule has 1 aliphatic rings. The zero-order valence-corrected chi connectivity index (χ0v) is 20.9. The number of carbonyl (C=O) groups excluding carboxylic acids is 2. The highest BCUT2D eigenvalue weighted by Gasteiger charge is 2.35. The van der Waals surface area contributed by atoms with Crippen LogP contribution in [0.4, 0.5) is 11.4 Å². The second-order valence-corrected chi connectivity index (χ2v) is 9.77. The number of rotatable bonds is 8. The minimum Gasteiger partial charge on any atom is -0.478 e. The van der Waals surface area contributed by atoms with Gasteiger partial charge in [0.2, 0.25) is 5.91 Å². The summed E-state index contributed by atoms with van der Waals surface area (Å²) < 4.78 is 26.5. The Balaban J connectivity index is 1.72. The van der Waals surface area contributed by atoms with E-state index in [9.17, 15) is 38.0 Å². The van der Waals surface area contributed by atoms with Gasteiger partial charge < -0.3 is 10.4 Å². The third kappa shape index (κ3) is 5.87. The number of sulfonamides is 1. The Labute approximate surface area is 221 Å². The number of benzene rings is 3. The summed E-state index contributed by atoms with van der Waals surface area (Å²) in [5.74, 6) is -2.92. The SMILES string of the molecule is CC(=O)Nc1ccc(S(=O)(=O)NN2C(=O)C(=Cc3ccc([N+](=O)[O-])cc3)N=C2c2ccccc2)cc1C(=O)O. The topological polar surface area (TPSA) is 188 Å². The van der Waals surface area contributed by atoms with E-state index < -0.39 is 43.2 Å². The van der Waals surface area contributed by atoms with E-state index in [0.717, 1.165) is 18.2 Å². The molecule has 0 atom stereocenters. The molecule has 0 saturated carbocycles. The van der Waals surface area contributed by atoms with Crippen molar-refractivity contribution < 1.29 is 32.8 Å². The number of nitro benzene ring substituents is 1. The van der Waals surface area contributed by atoms with Crippen LogP contribution >= 0.6 is 0 Å². The Morgan fingerprint density at radius 1 is 1.05 bits per heavy atom. The first kappa shape index (κ1) is 26.8. The van der Waals surface area contributed by atoms with Crippen LogP contribution < -0.4 is 10.1 Å². The Morgan fingerprint density at radius 2 is 1.72 bits per heavy atom. The molecule has 0 bridgehead atoms. The molecular formula is C25H19N5O8S. The summed E-state index contributed by atoms with van der Waals surface area (Å²) in [6, 6.07) is 16.6. The second kappa shape index (κ2) is 10.6. The number of carboxylic acid groups (broad SMARTS) is 1. The lowest BCUT2D eigenvalue weighted by molar-refractivity contribution is -0.384. The van der Waals surface area contributed by atoms with E-state index in [1.165, 1.54) is 37.3 Å². The molecule has 13 nitrogen and oxygen atoms in total. The van der Waals surface area contributed by atoms with Gasteiger partial charge in [0.1, 0.15) is 5.70 Å². The number of hydrogen-bond donors (Lipinski definition) is 3. The fourth-order valence-electron chi connectivity index (χ4n) is 3.57. The van der Waals surface area contributed by atoms with Crippen LogP contribution in [-0.2, 0) is 19.6 Å². The zero-order valence-electron chi connectivity index (χ0n) is 20.1. The van der Waals surface area contributed by atoms with E-state index in [1.807, 2.05) is 0 Å². The van der Waals surface area contributed by atoms with Crippen LogP contribution in [0.1, 0.15) is 28.4 Å². The molecule has 0 unspecified atom stereocenters. The highest BCUT2D eigenvalue weighted by Crippen LogP contribution is 2.25. The lowest BCUT2D eigenvalue weighted by atomic mass is 10.2. The van der Waals surface area contributed by atoms with Crippen LogP contribution in [0.15, 0.2) is 88.4 Å². The number of non-ortho nitro benzene ring substituents is 1. The molecular weight excluding hydrogens is 530 g/mol. The van der Waals surface area contributed by atoms with E-state index in [-0.39, 0.29) is 22.9 Å². The first-order valence-electron chi connectivity index (χ1n) is 11.1. The van der Waals surface area contributed by atoms with Gasteiger partial charge in [0, 0.05) is 24.6 Å². The van der Waals surface area contributed by atoms with Gasteiger partial charge in [-0.15, -0.1) is 4.83 Å². The molecule has 0 radical (unpaired) electrons. The fourth-order valence-corrected chi connectivity index (χ4v) is 4.61.